The molecular weight excluding hydrogens is 296 g/mol. The predicted octanol–water partition coefficient (Wildman–Crippen LogP) is 5.82. The Bertz CT molecular complexity index is 603. The van der Waals surface area contributed by atoms with Crippen molar-refractivity contribution >= 4 is 16.8 Å². The molecule has 0 aliphatic rings. The second kappa shape index (κ2) is 10.9. The van der Waals surface area contributed by atoms with Crippen LogP contribution in [0.5, 0.6) is 0 Å². The molecule has 1 heterocycles. The summed E-state index contributed by atoms with van der Waals surface area (Å²) in [7, 11) is 0. The Morgan fingerprint density at radius 3 is 2.29 bits per heavy atom. The second-order valence-electron chi connectivity index (χ2n) is 6.72. The van der Waals surface area contributed by atoms with E-state index in [2.05, 4.69) is 17.2 Å². The number of fused-ring (bicyclic) bond motifs is 1. The van der Waals surface area contributed by atoms with Crippen molar-refractivity contribution in [1.29, 1.82) is 0 Å². The van der Waals surface area contributed by atoms with E-state index < -0.39 is 0 Å². The first kappa shape index (κ1) is 18.6. The maximum absolute atomic E-state index is 12.1. The van der Waals surface area contributed by atoms with E-state index in [1.165, 1.54) is 57.8 Å². The Morgan fingerprint density at radius 1 is 0.917 bits per heavy atom. The zero-order valence-electron chi connectivity index (χ0n) is 15.1. The number of unbranched alkanes of at least 4 members (excludes halogenated alkanes) is 9. The molecule has 3 nitrogen and oxygen atoms in total. The summed E-state index contributed by atoms with van der Waals surface area (Å²) in [6.07, 6.45) is 15.1. The number of amides is 1. The standard InChI is InChI=1S/C21H32N2O/c1-2-3-4-5-6-7-8-9-10-11-15-23-21(24)19-13-12-18-14-16-22-20(18)17-19/h12-14,16-17,22H,2-11,15H2,1H3,(H,23,24). The minimum Gasteiger partial charge on any atom is -0.361 e. The van der Waals surface area contributed by atoms with Gasteiger partial charge in [-0.1, -0.05) is 70.8 Å². The third kappa shape index (κ3) is 6.38. The normalized spacial score (nSPS) is 11.0. The Kier molecular flexibility index (Phi) is 8.43. The molecule has 24 heavy (non-hydrogen) atoms. The van der Waals surface area contributed by atoms with Crippen molar-refractivity contribution in [2.45, 2.75) is 71.1 Å². The molecule has 2 rings (SSSR count). The van der Waals surface area contributed by atoms with Gasteiger partial charge in [-0.3, -0.25) is 4.79 Å². The first-order chi connectivity index (χ1) is 11.8. The molecule has 0 aliphatic carbocycles. The first-order valence-corrected chi connectivity index (χ1v) is 9.66. The van der Waals surface area contributed by atoms with Crippen LogP contribution < -0.4 is 5.32 Å². The first-order valence-electron chi connectivity index (χ1n) is 9.66. The van der Waals surface area contributed by atoms with Gasteiger partial charge in [0.1, 0.15) is 0 Å². The Morgan fingerprint density at radius 2 is 1.58 bits per heavy atom. The van der Waals surface area contributed by atoms with Gasteiger partial charge >= 0.3 is 0 Å². The fourth-order valence-electron chi connectivity index (χ4n) is 3.11. The summed E-state index contributed by atoms with van der Waals surface area (Å²) in [4.78, 5) is 15.3. The van der Waals surface area contributed by atoms with Crippen LogP contribution in [0.2, 0.25) is 0 Å². The number of aromatic nitrogens is 1. The number of benzene rings is 1. The second-order valence-corrected chi connectivity index (χ2v) is 6.72. The molecular formula is C21H32N2O. The third-order valence-electron chi connectivity index (χ3n) is 4.63. The molecule has 0 spiro atoms. The van der Waals surface area contributed by atoms with Gasteiger partial charge in [0.05, 0.1) is 0 Å². The van der Waals surface area contributed by atoms with Crippen LogP contribution >= 0.6 is 0 Å². The van der Waals surface area contributed by atoms with Crippen LogP contribution in [0.15, 0.2) is 30.5 Å². The van der Waals surface area contributed by atoms with Crippen LogP contribution in [0.4, 0.5) is 0 Å². The molecule has 0 atom stereocenters. The van der Waals surface area contributed by atoms with Crippen molar-refractivity contribution < 1.29 is 4.79 Å². The zero-order chi connectivity index (χ0) is 17.0. The summed E-state index contributed by atoms with van der Waals surface area (Å²) >= 11 is 0. The van der Waals surface area contributed by atoms with Crippen molar-refractivity contribution in [2.24, 2.45) is 0 Å². The van der Waals surface area contributed by atoms with Gasteiger partial charge in [-0.15, -0.1) is 0 Å². The molecule has 1 amide bonds. The zero-order valence-corrected chi connectivity index (χ0v) is 15.1. The van der Waals surface area contributed by atoms with Crippen LogP contribution in [0.3, 0.4) is 0 Å². The van der Waals surface area contributed by atoms with E-state index in [9.17, 15) is 4.79 Å². The molecule has 0 radical (unpaired) electrons. The summed E-state index contributed by atoms with van der Waals surface area (Å²) in [6, 6.07) is 7.81. The summed E-state index contributed by atoms with van der Waals surface area (Å²) in [5, 5.41) is 4.17. The minimum atomic E-state index is 0.0300. The smallest absolute Gasteiger partial charge is 0.251 e. The number of rotatable bonds is 12. The largest absolute Gasteiger partial charge is 0.361 e. The number of hydrogen-bond acceptors (Lipinski definition) is 1. The van der Waals surface area contributed by atoms with Crippen molar-refractivity contribution in [1.82, 2.24) is 10.3 Å². The molecule has 0 saturated carbocycles. The Balaban J connectivity index is 1.50. The fourth-order valence-corrected chi connectivity index (χ4v) is 3.11. The number of hydrogen-bond donors (Lipinski definition) is 2. The van der Waals surface area contributed by atoms with Gasteiger partial charge in [-0.2, -0.15) is 0 Å². The highest BCUT2D eigenvalue weighted by molar-refractivity contribution is 5.97. The van der Waals surface area contributed by atoms with E-state index in [0.29, 0.717) is 0 Å². The van der Waals surface area contributed by atoms with Gasteiger partial charge in [0.25, 0.3) is 5.91 Å². The maximum Gasteiger partial charge on any atom is 0.251 e. The summed E-state index contributed by atoms with van der Waals surface area (Å²) < 4.78 is 0. The van der Waals surface area contributed by atoms with Crippen molar-refractivity contribution in [3.63, 3.8) is 0 Å². The lowest BCUT2D eigenvalue weighted by atomic mass is 10.1. The highest BCUT2D eigenvalue weighted by atomic mass is 16.1. The monoisotopic (exact) mass is 328 g/mol. The highest BCUT2D eigenvalue weighted by Gasteiger charge is 2.05. The van der Waals surface area contributed by atoms with Crippen molar-refractivity contribution in [2.75, 3.05) is 6.54 Å². The lowest BCUT2D eigenvalue weighted by Crippen LogP contribution is -2.24. The van der Waals surface area contributed by atoms with E-state index in [1.807, 2.05) is 30.5 Å². The molecule has 3 heteroatoms. The van der Waals surface area contributed by atoms with Crippen LogP contribution in [0.1, 0.15) is 81.5 Å². The highest BCUT2D eigenvalue weighted by Crippen LogP contribution is 2.14. The van der Waals surface area contributed by atoms with Crippen LogP contribution in [-0.4, -0.2) is 17.4 Å². The van der Waals surface area contributed by atoms with Crippen LogP contribution in [-0.2, 0) is 0 Å². The number of nitrogens with one attached hydrogen (secondary N) is 2. The molecule has 1 aromatic carbocycles. The van der Waals surface area contributed by atoms with Crippen LogP contribution in [0.25, 0.3) is 10.9 Å². The van der Waals surface area contributed by atoms with E-state index >= 15 is 0 Å². The SMILES string of the molecule is CCCCCCCCCCCCNC(=O)c1ccc2cc[nH]c2c1. The topological polar surface area (TPSA) is 44.9 Å². The van der Waals surface area contributed by atoms with E-state index in [1.54, 1.807) is 0 Å². The number of carbonyl (C=O) groups is 1. The van der Waals surface area contributed by atoms with Crippen molar-refractivity contribution in [3.8, 4) is 0 Å². The Labute approximate surface area is 146 Å². The lowest BCUT2D eigenvalue weighted by molar-refractivity contribution is 0.0953. The predicted molar refractivity (Wildman–Crippen MR) is 102 cm³/mol. The average Bonchev–Trinajstić information content (AvgIpc) is 3.07. The minimum absolute atomic E-state index is 0.0300. The fraction of sp³-hybridized carbons (Fsp3) is 0.571. The molecule has 0 fully saturated rings. The quantitative estimate of drug-likeness (QED) is 0.474. The lowest BCUT2D eigenvalue weighted by Gasteiger charge is -2.06. The molecule has 0 aliphatic heterocycles. The van der Waals surface area contributed by atoms with E-state index in [0.717, 1.165) is 29.4 Å². The molecule has 0 saturated heterocycles. The van der Waals surface area contributed by atoms with Gasteiger partial charge in [0.2, 0.25) is 0 Å². The molecule has 1 aromatic heterocycles. The van der Waals surface area contributed by atoms with Gasteiger partial charge in [0.15, 0.2) is 0 Å². The molecule has 2 aromatic rings. The maximum atomic E-state index is 12.1. The molecule has 132 valence electrons. The number of carbonyl (C=O) groups excluding carboxylic acids is 1. The summed E-state index contributed by atoms with van der Waals surface area (Å²) in [5.41, 5.74) is 1.75. The molecule has 0 unspecified atom stereocenters. The van der Waals surface area contributed by atoms with Gasteiger partial charge in [0, 0.05) is 23.8 Å². The summed E-state index contributed by atoms with van der Waals surface area (Å²) in [5.74, 6) is 0.0300. The van der Waals surface area contributed by atoms with E-state index in [-0.39, 0.29) is 5.91 Å². The van der Waals surface area contributed by atoms with Gasteiger partial charge < -0.3 is 10.3 Å². The van der Waals surface area contributed by atoms with Gasteiger partial charge in [-0.05, 0) is 30.0 Å². The van der Waals surface area contributed by atoms with Crippen molar-refractivity contribution in [3.05, 3.63) is 36.0 Å². The van der Waals surface area contributed by atoms with Gasteiger partial charge in [-0.25, -0.2) is 0 Å². The number of aromatic amines is 1. The Hall–Kier alpha value is -1.77. The summed E-state index contributed by atoms with van der Waals surface area (Å²) in [6.45, 7) is 3.04. The number of H-pyrrole nitrogens is 1. The van der Waals surface area contributed by atoms with E-state index in [4.69, 9.17) is 0 Å². The third-order valence-corrected chi connectivity index (χ3v) is 4.63. The average molecular weight is 328 g/mol. The molecule has 2 N–H and O–H groups in total. The van der Waals surface area contributed by atoms with Crippen LogP contribution in [0, 0.1) is 0 Å². The molecule has 0 bridgehead atoms.